The lowest BCUT2D eigenvalue weighted by Crippen LogP contribution is -2.27. The Hall–Kier alpha value is -2.54. The van der Waals surface area contributed by atoms with Gasteiger partial charge in [-0.25, -0.2) is 0 Å². The lowest BCUT2D eigenvalue weighted by molar-refractivity contribution is -0.116. The molecule has 0 bridgehead atoms. The van der Waals surface area contributed by atoms with Crippen molar-refractivity contribution < 1.29 is 19.1 Å². The Kier molecular flexibility index (Phi) is 5.18. The number of carbonyl (C=O) groups is 2. The van der Waals surface area contributed by atoms with Crippen LogP contribution >= 0.6 is 15.9 Å². The van der Waals surface area contributed by atoms with Crippen LogP contribution in [0.1, 0.15) is 22.8 Å². The molecule has 3 rings (SSSR count). The van der Waals surface area contributed by atoms with Gasteiger partial charge in [-0.1, -0.05) is 22.0 Å². The van der Waals surface area contributed by atoms with Crippen molar-refractivity contribution in [2.75, 3.05) is 31.0 Å². The average molecular weight is 419 g/mol. The summed E-state index contributed by atoms with van der Waals surface area (Å²) in [4.78, 5) is 26.6. The van der Waals surface area contributed by atoms with Gasteiger partial charge in [-0.05, 0) is 36.2 Å². The van der Waals surface area contributed by atoms with E-state index in [1.54, 1.807) is 29.2 Å². The van der Waals surface area contributed by atoms with Gasteiger partial charge in [-0.15, -0.1) is 0 Å². The van der Waals surface area contributed by atoms with E-state index in [9.17, 15) is 9.59 Å². The second-order valence-corrected chi connectivity index (χ2v) is 6.79. The molecule has 6 nitrogen and oxygen atoms in total. The minimum Gasteiger partial charge on any atom is -0.496 e. The molecule has 0 aromatic heterocycles. The van der Waals surface area contributed by atoms with Gasteiger partial charge in [0.2, 0.25) is 5.91 Å². The Morgan fingerprint density at radius 1 is 1.15 bits per heavy atom. The van der Waals surface area contributed by atoms with Gasteiger partial charge in [0, 0.05) is 17.9 Å². The molecule has 2 aromatic rings. The van der Waals surface area contributed by atoms with E-state index in [2.05, 4.69) is 21.2 Å². The highest BCUT2D eigenvalue weighted by molar-refractivity contribution is 9.10. The summed E-state index contributed by atoms with van der Waals surface area (Å²) in [5, 5.41) is 2.91. The Bertz CT molecular complexity index is 860. The standard InChI is InChI=1S/C19H19BrN2O4/c1-11(23)22-8-7-12-9-13(20)10-14(18(12)22)21-19(24)17-15(25-2)5-4-6-16(17)26-3/h4-6,9-10H,7-8H2,1-3H3,(H,21,24). The number of anilines is 2. The molecule has 0 saturated heterocycles. The van der Waals surface area contributed by atoms with Crippen LogP contribution in [0.25, 0.3) is 0 Å². The van der Waals surface area contributed by atoms with Gasteiger partial charge < -0.3 is 19.7 Å². The highest BCUT2D eigenvalue weighted by Crippen LogP contribution is 2.39. The van der Waals surface area contributed by atoms with E-state index in [0.29, 0.717) is 29.3 Å². The van der Waals surface area contributed by atoms with Crippen LogP contribution in [-0.2, 0) is 11.2 Å². The van der Waals surface area contributed by atoms with Crippen LogP contribution in [0.5, 0.6) is 11.5 Å². The molecule has 26 heavy (non-hydrogen) atoms. The van der Waals surface area contributed by atoms with Crippen LogP contribution in [-0.4, -0.2) is 32.6 Å². The molecule has 0 unspecified atom stereocenters. The maximum atomic E-state index is 13.0. The quantitative estimate of drug-likeness (QED) is 0.822. The van der Waals surface area contributed by atoms with Gasteiger partial charge >= 0.3 is 0 Å². The molecule has 136 valence electrons. The zero-order chi connectivity index (χ0) is 18.8. The minimum atomic E-state index is -0.366. The molecule has 2 amide bonds. The van der Waals surface area contributed by atoms with E-state index >= 15 is 0 Å². The number of hydrogen-bond acceptors (Lipinski definition) is 4. The molecule has 1 aliphatic heterocycles. The van der Waals surface area contributed by atoms with E-state index in [0.717, 1.165) is 22.1 Å². The first-order valence-electron chi connectivity index (χ1n) is 8.09. The molecule has 7 heteroatoms. The normalized spacial score (nSPS) is 12.5. The van der Waals surface area contributed by atoms with E-state index in [4.69, 9.17) is 9.47 Å². The number of hydrogen-bond donors (Lipinski definition) is 1. The Balaban J connectivity index is 2.03. The molecule has 1 aliphatic rings. The monoisotopic (exact) mass is 418 g/mol. The minimum absolute atomic E-state index is 0.0588. The number of amides is 2. The molecule has 0 radical (unpaired) electrons. The van der Waals surface area contributed by atoms with Crippen molar-refractivity contribution in [1.82, 2.24) is 0 Å². The van der Waals surface area contributed by atoms with E-state index in [1.165, 1.54) is 21.1 Å². The third-order valence-electron chi connectivity index (χ3n) is 4.31. The second-order valence-electron chi connectivity index (χ2n) is 5.87. The summed E-state index contributed by atoms with van der Waals surface area (Å²) in [7, 11) is 3.00. The predicted molar refractivity (Wildman–Crippen MR) is 103 cm³/mol. The maximum Gasteiger partial charge on any atom is 0.263 e. The van der Waals surface area contributed by atoms with Crippen LogP contribution in [0.4, 0.5) is 11.4 Å². The molecule has 0 atom stereocenters. The second kappa shape index (κ2) is 7.37. The van der Waals surface area contributed by atoms with Crippen molar-refractivity contribution in [3.8, 4) is 11.5 Å². The Morgan fingerprint density at radius 2 is 1.81 bits per heavy atom. The molecular weight excluding hydrogens is 400 g/mol. The zero-order valence-corrected chi connectivity index (χ0v) is 16.3. The highest BCUT2D eigenvalue weighted by Gasteiger charge is 2.28. The van der Waals surface area contributed by atoms with E-state index in [1.807, 2.05) is 6.07 Å². The first-order chi connectivity index (χ1) is 12.5. The molecule has 0 spiro atoms. The highest BCUT2D eigenvalue weighted by atomic mass is 79.9. The van der Waals surface area contributed by atoms with Crippen molar-refractivity contribution in [1.29, 1.82) is 0 Å². The van der Waals surface area contributed by atoms with Gasteiger partial charge in [0.25, 0.3) is 5.91 Å². The predicted octanol–water partition coefficient (Wildman–Crippen LogP) is 3.63. The van der Waals surface area contributed by atoms with Crippen molar-refractivity contribution in [2.24, 2.45) is 0 Å². The van der Waals surface area contributed by atoms with Crippen LogP contribution < -0.4 is 19.7 Å². The largest absolute Gasteiger partial charge is 0.496 e. The van der Waals surface area contributed by atoms with E-state index < -0.39 is 0 Å². The summed E-state index contributed by atoms with van der Waals surface area (Å²) < 4.78 is 11.5. The molecule has 1 N–H and O–H groups in total. The average Bonchev–Trinajstić information content (AvgIpc) is 3.04. The summed E-state index contributed by atoms with van der Waals surface area (Å²) in [5.74, 6) is 0.403. The molecule has 0 saturated carbocycles. The van der Waals surface area contributed by atoms with E-state index in [-0.39, 0.29) is 11.8 Å². The topological polar surface area (TPSA) is 67.9 Å². The number of benzene rings is 2. The zero-order valence-electron chi connectivity index (χ0n) is 14.8. The summed E-state index contributed by atoms with van der Waals surface area (Å²) in [5.41, 5.74) is 2.62. The van der Waals surface area contributed by atoms with Crippen LogP contribution in [0.3, 0.4) is 0 Å². The maximum absolute atomic E-state index is 13.0. The number of ether oxygens (including phenoxy) is 2. The molecule has 0 aliphatic carbocycles. The lowest BCUT2D eigenvalue weighted by atomic mass is 10.1. The molecule has 1 heterocycles. The third-order valence-corrected chi connectivity index (χ3v) is 4.77. The fourth-order valence-electron chi connectivity index (χ4n) is 3.18. The van der Waals surface area contributed by atoms with Gasteiger partial charge in [0.15, 0.2) is 0 Å². The smallest absolute Gasteiger partial charge is 0.263 e. The first kappa shape index (κ1) is 18.3. The number of nitrogens with zero attached hydrogens (tertiary/aromatic N) is 1. The lowest BCUT2D eigenvalue weighted by Gasteiger charge is -2.20. The van der Waals surface area contributed by atoms with Gasteiger partial charge in [-0.3, -0.25) is 9.59 Å². The summed E-state index contributed by atoms with van der Waals surface area (Å²) >= 11 is 3.47. The van der Waals surface area contributed by atoms with Crippen LogP contribution in [0.2, 0.25) is 0 Å². The van der Waals surface area contributed by atoms with Crippen molar-refractivity contribution in [3.05, 3.63) is 45.9 Å². The fraction of sp³-hybridized carbons (Fsp3) is 0.263. The van der Waals surface area contributed by atoms with Crippen LogP contribution in [0, 0.1) is 0 Å². The SMILES string of the molecule is COc1cccc(OC)c1C(=O)Nc1cc(Br)cc2c1N(C(C)=O)CC2. The number of nitrogens with one attached hydrogen (secondary N) is 1. The third kappa shape index (κ3) is 3.26. The number of fused-ring (bicyclic) bond motifs is 1. The van der Waals surface area contributed by atoms with Crippen molar-refractivity contribution in [3.63, 3.8) is 0 Å². The molecule has 0 fully saturated rings. The van der Waals surface area contributed by atoms with Crippen LogP contribution in [0.15, 0.2) is 34.8 Å². The molecular formula is C19H19BrN2O4. The summed E-state index contributed by atoms with van der Waals surface area (Å²) in [6.45, 7) is 2.12. The Morgan fingerprint density at radius 3 is 2.38 bits per heavy atom. The van der Waals surface area contributed by atoms with Gasteiger partial charge in [-0.2, -0.15) is 0 Å². The number of halogens is 1. The summed E-state index contributed by atoms with van der Waals surface area (Å²) in [6, 6.07) is 8.91. The first-order valence-corrected chi connectivity index (χ1v) is 8.88. The number of carbonyl (C=O) groups excluding carboxylic acids is 2. The summed E-state index contributed by atoms with van der Waals surface area (Å²) in [6.07, 6.45) is 0.745. The molecule has 2 aromatic carbocycles. The number of rotatable bonds is 4. The number of methoxy groups -OCH3 is 2. The van der Waals surface area contributed by atoms with Gasteiger partial charge in [0.05, 0.1) is 25.6 Å². The fourth-order valence-corrected chi connectivity index (χ4v) is 3.68. The van der Waals surface area contributed by atoms with Gasteiger partial charge in [0.1, 0.15) is 17.1 Å². The van der Waals surface area contributed by atoms with Crippen molar-refractivity contribution in [2.45, 2.75) is 13.3 Å². The van der Waals surface area contributed by atoms with Crippen molar-refractivity contribution >= 4 is 39.1 Å². The Labute approximate surface area is 160 Å².